The van der Waals surface area contributed by atoms with Gasteiger partial charge >= 0.3 is 0 Å². The summed E-state index contributed by atoms with van der Waals surface area (Å²) < 4.78 is 1.04. The van der Waals surface area contributed by atoms with Gasteiger partial charge in [0.25, 0.3) is 0 Å². The lowest BCUT2D eigenvalue weighted by atomic mass is 10.0. The van der Waals surface area contributed by atoms with Gasteiger partial charge in [-0.3, -0.25) is 0 Å². The zero-order valence-corrected chi connectivity index (χ0v) is 14.0. The van der Waals surface area contributed by atoms with Crippen molar-refractivity contribution in [1.82, 2.24) is 10.0 Å². The lowest BCUT2D eigenvalue weighted by Crippen LogP contribution is -2.24. The van der Waals surface area contributed by atoms with E-state index in [1.165, 1.54) is 5.06 Å². The summed E-state index contributed by atoms with van der Waals surface area (Å²) in [5.41, 5.74) is 3.31. The number of aromatic amines is 1. The average Bonchev–Trinajstić information content (AvgIpc) is 2.92. The van der Waals surface area contributed by atoms with E-state index in [2.05, 4.69) is 40.0 Å². The molecule has 2 aromatic carbocycles. The number of hydrogen-bond acceptors (Lipinski definition) is 2. The summed E-state index contributed by atoms with van der Waals surface area (Å²) >= 11 is 3.52. The van der Waals surface area contributed by atoms with Crippen molar-refractivity contribution >= 4 is 26.8 Å². The smallest absolute Gasteiger partial charge is 0.0621 e. The minimum absolute atomic E-state index is 0.0387. The highest BCUT2D eigenvalue weighted by molar-refractivity contribution is 9.10. The van der Waals surface area contributed by atoms with E-state index >= 15 is 0 Å². The second-order valence-electron chi connectivity index (χ2n) is 5.44. The Labute approximate surface area is 138 Å². The molecule has 0 aliphatic rings. The van der Waals surface area contributed by atoms with Gasteiger partial charge in [-0.1, -0.05) is 53.2 Å². The summed E-state index contributed by atoms with van der Waals surface area (Å²) in [6.07, 6.45) is 2.84. The van der Waals surface area contributed by atoms with Crippen molar-refractivity contribution in [2.24, 2.45) is 0 Å². The number of nitrogens with one attached hydrogen (secondary N) is 1. The van der Waals surface area contributed by atoms with Crippen LogP contribution in [0.25, 0.3) is 10.9 Å². The first-order chi connectivity index (χ1) is 10.7. The third-order valence-electron chi connectivity index (χ3n) is 3.97. The van der Waals surface area contributed by atoms with Gasteiger partial charge < -0.3 is 10.2 Å². The molecule has 3 rings (SSSR count). The van der Waals surface area contributed by atoms with Crippen LogP contribution in [-0.2, 0) is 6.54 Å². The fourth-order valence-corrected chi connectivity index (χ4v) is 3.22. The lowest BCUT2D eigenvalue weighted by Gasteiger charge is -2.25. The van der Waals surface area contributed by atoms with Crippen LogP contribution in [0.1, 0.15) is 30.5 Å². The Kier molecular flexibility index (Phi) is 4.62. The molecule has 1 unspecified atom stereocenters. The Bertz CT molecular complexity index is 754. The minimum Gasteiger partial charge on any atom is -0.361 e. The van der Waals surface area contributed by atoms with Crippen LogP contribution in [0, 0.1) is 0 Å². The molecule has 3 nitrogen and oxygen atoms in total. The average molecular weight is 359 g/mol. The van der Waals surface area contributed by atoms with E-state index in [1.807, 2.05) is 42.6 Å². The maximum absolute atomic E-state index is 10.6. The Morgan fingerprint density at radius 3 is 2.68 bits per heavy atom. The van der Waals surface area contributed by atoms with Crippen LogP contribution in [0.4, 0.5) is 0 Å². The molecule has 0 bridgehead atoms. The number of rotatable bonds is 5. The fourth-order valence-electron chi connectivity index (χ4n) is 2.86. The molecule has 22 heavy (non-hydrogen) atoms. The second kappa shape index (κ2) is 6.65. The van der Waals surface area contributed by atoms with Crippen LogP contribution in [0.3, 0.4) is 0 Å². The Hall–Kier alpha value is -1.62. The molecule has 114 valence electrons. The zero-order chi connectivity index (χ0) is 15.5. The monoisotopic (exact) mass is 358 g/mol. The van der Waals surface area contributed by atoms with Crippen LogP contribution < -0.4 is 0 Å². The Balaban J connectivity index is 1.90. The van der Waals surface area contributed by atoms with Gasteiger partial charge in [-0.2, -0.15) is 5.06 Å². The van der Waals surface area contributed by atoms with Crippen molar-refractivity contribution in [3.05, 3.63) is 70.3 Å². The quantitative estimate of drug-likeness (QED) is 0.609. The molecule has 3 aromatic rings. The highest BCUT2D eigenvalue weighted by Crippen LogP contribution is 2.32. The van der Waals surface area contributed by atoms with Gasteiger partial charge in [0.2, 0.25) is 0 Å². The van der Waals surface area contributed by atoms with Crippen LogP contribution in [0.2, 0.25) is 0 Å². The predicted molar refractivity (Wildman–Crippen MR) is 92.8 cm³/mol. The molecule has 0 spiro atoms. The molecule has 0 aliphatic carbocycles. The molecule has 0 saturated heterocycles. The molecule has 2 N–H and O–H groups in total. The van der Waals surface area contributed by atoms with Crippen molar-refractivity contribution in [2.75, 3.05) is 0 Å². The van der Waals surface area contributed by atoms with Gasteiger partial charge in [-0.25, -0.2) is 0 Å². The van der Waals surface area contributed by atoms with Crippen molar-refractivity contribution in [1.29, 1.82) is 0 Å². The molecule has 0 aliphatic heterocycles. The largest absolute Gasteiger partial charge is 0.361 e. The first-order valence-electron chi connectivity index (χ1n) is 7.45. The van der Waals surface area contributed by atoms with E-state index in [4.69, 9.17) is 0 Å². The standard InChI is InChI=1S/C18H19BrN2O/c1-2-18(21(22)12-13-6-4-3-5-7-13)16-11-20-17-9-8-14(19)10-15(16)17/h3-11,18,20,22H,2,12H2,1H3. The van der Waals surface area contributed by atoms with E-state index < -0.39 is 0 Å². The van der Waals surface area contributed by atoms with Crippen molar-refractivity contribution in [3.8, 4) is 0 Å². The molecule has 1 heterocycles. The van der Waals surface area contributed by atoms with Gasteiger partial charge in [-0.15, -0.1) is 0 Å². The second-order valence-corrected chi connectivity index (χ2v) is 6.36. The lowest BCUT2D eigenvalue weighted by molar-refractivity contribution is -0.138. The Morgan fingerprint density at radius 1 is 1.18 bits per heavy atom. The van der Waals surface area contributed by atoms with Crippen molar-refractivity contribution < 1.29 is 5.21 Å². The van der Waals surface area contributed by atoms with E-state index in [9.17, 15) is 5.21 Å². The summed E-state index contributed by atoms with van der Waals surface area (Å²) in [4.78, 5) is 3.29. The minimum atomic E-state index is -0.0387. The number of hydrogen-bond donors (Lipinski definition) is 2. The molecule has 0 radical (unpaired) electrons. The van der Waals surface area contributed by atoms with Crippen molar-refractivity contribution in [2.45, 2.75) is 25.9 Å². The first-order valence-corrected chi connectivity index (χ1v) is 8.24. The summed E-state index contributed by atoms with van der Waals surface area (Å²) in [5.74, 6) is 0. The topological polar surface area (TPSA) is 39.3 Å². The molecule has 1 aromatic heterocycles. The third kappa shape index (κ3) is 3.09. The maximum atomic E-state index is 10.6. The summed E-state index contributed by atoms with van der Waals surface area (Å²) in [7, 11) is 0. The number of aromatic nitrogens is 1. The molecule has 0 fully saturated rings. The SMILES string of the molecule is CCC(c1c[nH]c2ccc(Br)cc12)N(O)Cc1ccccc1. The highest BCUT2D eigenvalue weighted by atomic mass is 79.9. The van der Waals surface area contributed by atoms with Crippen LogP contribution >= 0.6 is 15.9 Å². The van der Waals surface area contributed by atoms with Crippen LogP contribution in [0.5, 0.6) is 0 Å². The fraction of sp³-hybridized carbons (Fsp3) is 0.222. The van der Waals surface area contributed by atoms with E-state index in [0.717, 1.165) is 32.9 Å². The summed E-state index contributed by atoms with van der Waals surface area (Å²) in [5, 5.41) is 13.1. The van der Waals surface area contributed by atoms with Gasteiger partial charge in [0.1, 0.15) is 0 Å². The first kappa shape index (κ1) is 15.3. The van der Waals surface area contributed by atoms with Crippen LogP contribution in [0.15, 0.2) is 59.2 Å². The predicted octanol–water partition coefficient (Wildman–Crippen LogP) is 5.27. The van der Waals surface area contributed by atoms with Gasteiger partial charge in [0.05, 0.1) is 6.04 Å². The summed E-state index contributed by atoms with van der Waals surface area (Å²) in [6, 6.07) is 16.2. The highest BCUT2D eigenvalue weighted by Gasteiger charge is 2.20. The number of benzene rings is 2. The molecule has 0 saturated carbocycles. The third-order valence-corrected chi connectivity index (χ3v) is 4.46. The Morgan fingerprint density at radius 2 is 1.95 bits per heavy atom. The molecular weight excluding hydrogens is 340 g/mol. The zero-order valence-electron chi connectivity index (χ0n) is 12.5. The molecule has 1 atom stereocenters. The molecule has 4 heteroatoms. The summed E-state index contributed by atoms with van der Waals surface area (Å²) in [6.45, 7) is 2.61. The van der Waals surface area contributed by atoms with E-state index in [0.29, 0.717) is 6.54 Å². The number of hydroxylamine groups is 2. The number of nitrogens with zero attached hydrogens (tertiary/aromatic N) is 1. The normalized spacial score (nSPS) is 12.9. The van der Waals surface area contributed by atoms with Crippen molar-refractivity contribution in [3.63, 3.8) is 0 Å². The van der Waals surface area contributed by atoms with Gasteiger partial charge in [0, 0.05) is 28.1 Å². The van der Waals surface area contributed by atoms with Gasteiger partial charge in [-0.05, 0) is 35.7 Å². The number of halogens is 1. The van der Waals surface area contributed by atoms with E-state index in [-0.39, 0.29) is 6.04 Å². The van der Waals surface area contributed by atoms with E-state index in [1.54, 1.807) is 0 Å². The van der Waals surface area contributed by atoms with Gasteiger partial charge in [0.15, 0.2) is 0 Å². The number of H-pyrrole nitrogens is 1. The molecule has 0 amide bonds. The maximum Gasteiger partial charge on any atom is 0.0621 e. The number of fused-ring (bicyclic) bond motifs is 1. The van der Waals surface area contributed by atoms with Crippen LogP contribution in [-0.4, -0.2) is 15.3 Å². The molecular formula is C18H19BrN2O.